The summed E-state index contributed by atoms with van der Waals surface area (Å²) in [5.41, 5.74) is -0.291. The van der Waals surface area contributed by atoms with Crippen LogP contribution in [-0.4, -0.2) is 42.9 Å². The van der Waals surface area contributed by atoms with Gasteiger partial charge in [0.25, 0.3) is 0 Å². The summed E-state index contributed by atoms with van der Waals surface area (Å²) in [5, 5.41) is 10.2. The molecular weight excluding hydrogens is 294 g/mol. The van der Waals surface area contributed by atoms with E-state index in [9.17, 15) is 4.79 Å². The molecule has 2 heterocycles. The van der Waals surface area contributed by atoms with Gasteiger partial charge in [-0.3, -0.25) is 4.57 Å². The molecule has 0 saturated carbocycles. The molecule has 0 radical (unpaired) electrons. The molecule has 0 fully saturated rings. The number of nitrogens with one attached hydrogen (secondary N) is 2. The summed E-state index contributed by atoms with van der Waals surface area (Å²) in [6.07, 6.45) is 0.860. The summed E-state index contributed by atoms with van der Waals surface area (Å²) in [6, 6.07) is 0.255. The lowest BCUT2D eigenvalue weighted by molar-refractivity contribution is 0.288. The summed E-state index contributed by atoms with van der Waals surface area (Å²) < 4.78 is 6.83. The van der Waals surface area contributed by atoms with Crippen molar-refractivity contribution in [3.05, 3.63) is 10.5 Å². The van der Waals surface area contributed by atoms with Gasteiger partial charge < -0.3 is 10.1 Å². The summed E-state index contributed by atoms with van der Waals surface area (Å²) in [5.74, 6) is 0.432. The maximum absolute atomic E-state index is 11.3. The fraction of sp³-hybridized carbons (Fsp3) is 0.545. The van der Waals surface area contributed by atoms with Gasteiger partial charge in [0.05, 0.1) is 6.61 Å². The third kappa shape index (κ3) is 3.94. The Balaban J connectivity index is 2.26. The molecule has 0 aliphatic heterocycles. The molecule has 0 saturated heterocycles. The van der Waals surface area contributed by atoms with Crippen LogP contribution in [0, 0.1) is 0 Å². The Hall–Kier alpha value is -2.10. The molecule has 114 valence electrons. The van der Waals surface area contributed by atoms with Crippen molar-refractivity contribution in [2.75, 3.05) is 18.5 Å². The first kappa shape index (κ1) is 15.3. The van der Waals surface area contributed by atoms with E-state index in [-0.39, 0.29) is 11.7 Å². The van der Waals surface area contributed by atoms with Crippen LogP contribution in [0.25, 0.3) is 0 Å². The maximum Gasteiger partial charge on any atom is 0.343 e. The van der Waals surface area contributed by atoms with Crippen molar-refractivity contribution < 1.29 is 4.74 Å². The number of hydrogen-bond donors (Lipinski definition) is 2. The second-order valence-corrected chi connectivity index (χ2v) is 5.01. The first-order chi connectivity index (χ1) is 10.1. The SMILES string of the molecule is CCCOc1nc(NCC)nc(Sc2n[nH]c(=O)n2C)n1. The highest BCUT2D eigenvalue weighted by atomic mass is 32.2. The highest BCUT2D eigenvalue weighted by Crippen LogP contribution is 2.23. The van der Waals surface area contributed by atoms with Gasteiger partial charge in [-0.2, -0.15) is 15.0 Å². The van der Waals surface area contributed by atoms with E-state index in [1.54, 1.807) is 7.05 Å². The zero-order chi connectivity index (χ0) is 15.2. The maximum atomic E-state index is 11.3. The Bertz CT molecular complexity index is 654. The van der Waals surface area contributed by atoms with Crippen LogP contribution < -0.4 is 15.7 Å². The Morgan fingerprint density at radius 1 is 1.33 bits per heavy atom. The molecule has 0 spiro atoms. The van der Waals surface area contributed by atoms with Gasteiger partial charge >= 0.3 is 11.7 Å². The van der Waals surface area contributed by atoms with E-state index in [2.05, 4.69) is 30.5 Å². The number of anilines is 1. The molecular formula is C11H17N7O2S. The summed E-state index contributed by atoms with van der Waals surface area (Å²) in [6.45, 7) is 5.16. The van der Waals surface area contributed by atoms with Crippen LogP contribution in [0.5, 0.6) is 6.01 Å². The van der Waals surface area contributed by atoms with Gasteiger partial charge in [0.1, 0.15) is 0 Å². The van der Waals surface area contributed by atoms with Crippen LogP contribution in [0.4, 0.5) is 5.95 Å². The molecule has 9 nitrogen and oxygen atoms in total. The molecule has 2 aromatic rings. The molecule has 21 heavy (non-hydrogen) atoms. The number of hydrogen-bond acceptors (Lipinski definition) is 8. The summed E-state index contributed by atoms with van der Waals surface area (Å²) in [7, 11) is 1.62. The van der Waals surface area contributed by atoms with E-state index in [0.29, 0.717) is 29.4 Å². The predicted octanol–water partition coefficient (Wildman–Crippen LogP) is 0.665. The Morgan fingerprint density at radius 3 is 2.76 bits per heavy atom. The van der Waals surface area contributed by atoms with Gasteiger partial charge in [-0.15, -0.1) is 5.10 Å². The molecule has 0 aliphatic carbocycles. The van der Waals surface area contributed by atoms with Crippen LogP contribution >= 0.6 is 11.8 Å². The van der Waals surface area contributed by atoms with E-state index in [4.69, 9.17) is 4.74 Å². The first-order valence-corrected chi connectivity index (χ1v) is 7.37. The van der Waals surface area contributed by atoms with Gasteiger partial charge in [-0.25, -0.2) is 9.89 Å². The lowest BCUT2D eigenvalue weighted by Gasteiger charge is -2.07. The molecule has 0 bridgehead atoms. The largest absolute Gasteiger partial charge is 0.463 e. The molecule has 0 aliphatic rings. The van der Waals surface area contributed by atoms with Crippen LogP contribution in [0.2, 0.25) is 0 Å². The summed E-state index contributed by atoms with van der Waals surface area (Å²) in [4.78, 5) is 24.0. The zero-order valence-electron chi connectivity index (χ0n) is 12.1. The van der Waals surface area contributed by atoms with Gasteiger partial charge in [0, 0.05) is 13.6 Å². The third-order valence-corrected chi connectivity index (χ3v) is 3.30. The average molecular weight is 311 g/mol. The topological polar surface area (TPSA) is 111 Å². The normalized spacial score (nSPS) is 10.6. The van der Waals surface area contributed by atoms with Crippen molar-refractivity contribution in [1.29, 1.82) is 0 Å². The zero-order valence-corrected chi connectivity index (χ0v) is 12.9. The second-order valence-electron chi connectivity index (χ2n) is 4.08. The Morgan fingerprint density at radius 2 is 2.14 bits per heavy atom. The van der Waals surface area contributed by atoms with Gasteiger partial charge in [0.15, 0.2) is 5.16 Å². The smallest absolute Gasteiger partial charge is 0.343 e. The van der Waals surface area contributed by atoms with E-state index in [1.807, 2.05) is 13.8 Å². The quantitative estimate of drug-likeness (QED) is 0.767. The number of aromatic amines is 1. The van der Waals surface area contributed by atoms with Crippen LogP contribution in [-0.2, 0) is 7.05 Å². The lowest BCUT2D eigenvalue weighted by Crippen LogP contribution is -2.13. The Labute approximate surface area is 125 Å². The van der Waals surface area contributed by atoms with Crippen LogP contribution in [0.15, 0.2) is 15.1 Å². The minimum Gasteiger partial charge on any atom is -0.463 e. The van der Waals surface area contributed by atoms with Gasteiger partial charge in [0.2, 0.25) is 11.1 Å². The standard InChI is InChI=1S/C11H17N7O2S/c1-4-6-20-8-13-7(12-5-2)14-9(15-8)21-11-17-16-10(19)18(11)3/h4-6H2,1-3H3,(H,16,19)(H,12,13,14,15). The average Bonchev–Trinajstić information content (AvgIpc) is 2.77. The fourth-order valence-electron chi connectivity index (χ4n) is 1.38. The van der Waals surface area contributed by atoms with Crippen molar-refractivity contribution in [2.24, 2.45) is 7.05 Å². The molecule has 10 heteroatoms. The number of rotatable bonds is 7. The van der Waals surface area contributed by atoms with E-state index in [1.165, 1.54) is 4.57 Å². The molecule has 2 N–H and O–H groups in total. The predicted molar refractivity (Wildman–Crippen MR) is 77.7 cm³/mol. The number of nitrogens with zero attached hydrogens (tertiary/aromatic N) is 5. The third-order valence-electron chi connectivity index (χ3n) is 2.39. The monoisotopic (exact) mass is 311 g/mol. The highest BCUT2D eigenvalue weighted by molar-refractivity contribution is 7.99. The number of aromatic nitrogens is 6. The highest BCUT2D eigenvalue weighted by Gasteiger charge is 2.12. The molecule has 0 unspecified atom stereocenters. The van der Waals surface area contributed by atoms with E-state index >= 15 is 0 Å². The van der Waals surface area contributed by atoms with Crippen molar-refractivity contribution in [3.63, 3.8) is 0 Å². The number of H-pyrrole nitrogens is 1. The van der Waals surface area contributed by atoms with Crippen molar-refractivity contribution in [3.8, 4) is 6.01 Å². The molecule has 0 amide bonds. The minimum atomic E-state index is -0.291. The Kier molecular flexibility index (Phi) is 5.14. The van der Waals surface area contributed by atoms with Crippen molar-refractivity contribution >= 4 is 17.7 Å². The molecule has 2 aromatic heterocycles. The van der Waals surface area contributed by atoms with E-state index in [0.717, 1.165) is 18.2 Å². The minimum absolute atomic E-state index is 0.255. The first-order valence-electron chi connectivity index (χ1n) is 6.56. The van der Waals surface area contributed by atoms with Gasteiger partial charge in [-0.05, 0) is 25.1 Å². The molecule has 2 rings (SSSR count). The second kappa shape index (κ2) is 7.07. The fourth-order valence-corrected chi connectivity index (χ4v) is 2.11. The van der Waals surface area contributed by atoms with Crippen molar-refractivity contribution in [2.45, 2.75) is 30.6 Å². The van der Waals surface area contributed by atoms with Crippen molar-refractivity contribution in [1.82, 2.24) is 29.7 Å². The molecule has 0 aromatic carbocycles. The number of ether oxygens (including phenoxy) is 1. The van der Waals surface area contributed by atoms with Crippen LogP contribution in [0.3, 0.4) is 0 Å². The molecule has 0 atom stereocenters. The van der Waals surface area contributed by atoms with Crippen LogP contribution in [0.1, 0.15) is 20.3 Å². The van der Waals surface area contributed by atoms with E-state index < -0.39 is 0 Å². The summed E-state index contributed by atoms with van der Waals surface area (Å²) >= 11 is 1.16. The lowest BCUT2D eigenvalue weighted by atomic mass is 10.5. The van der Waals surface area contributed by atoms with Gasteiger partial charge in [-0.1, -0.05) is 6.92 Å².